The van der Waals surface area contributed by atoms with Gasteiger partial charge in [0.05, 0.1) is 11.5 Å². The second-order valence-electron chi connectivity index (χ2n) is 7.44. The molecule has 0 saturated carbocycles. The van der Waals surface area contributed by atoms with Gasteiger partial charge < -0.3 is 19.3 Å². The molecule has 0 radical (unpaired) electrons. The zero-order valence-corrected chi connectivity index (χ0v) is 17.7. The highest BCUT2D eigenvalue weighted by molar-refractivity contribution is 5.67. The molecule has 0 unspecified atom stereocenters. The first-order valence-electron chi connectivity index (χ1n) is 9.68. The summed E-state index contributed by atoms with van der Waals surface area (Å²) in [6, 6.07) is 11.5. The van der Waals surface area contributed by atoms with E-state index in [2.05, 4.69) is 0 Å². The van der Waals surface area contributed by atoms with E-state index < -0.39 is 22.8 Å². The summed E-state index contributed by atoms with van der Waals surface area (Å²) in [4.78, 5) is 34.0. The fourth-order valence-corrected chi connectivity index (χ4v) is 2.50. The molecule has 0 aliphatic heterocycles. The number of carbonyl (C=O) groups excluding carboxylic acids is 2. The summed E-state index contributed by atoms with van der Waals surface area (Å²) in [5.41, 5.74) is -0.249. The number of rotatable bonds is 9. The average molecular weight is 447 g/mol. The number of hydrogen-bond donors (Lipinski definition) is 2. The topological polar surface area (TPSA) is 154 Å². The van der Waals surface area contributed by atoms with Gasteiger partial charge in [-0.3, -0.25) is 10.1 Å². The number of nitro benzene ring substituents is 1. The van der Waals surface area contributed by atoms with Crippen LogP contribution >= 0.6 is 0 Å². The molecular weight excluding hydrogens is 422 g/mol. The normalized spacial score (nSPS) is 10.8. The van der Waals surface area contributed by atoms with Crippen molar-refractivity contribution in [3.63, 3.8) is 0 Å². The molecule has 0 aromatic heterocycles. The molecular formula is C21H25N3O8. The predicted octanol–water partition coefficient (Wildman–Crippen LogP) is 3.54. The third kappa shape index (κ3) is 8.11. The van der Waals surface area contributed by atoms with Crippen molar-refractivity contribution in [2.45, 2.75) is 32.3 Å². The van der Waals surface area contributed by atoms with Gasteiger partial charge in [-0.15, -0.1) is 0 Å². The second-order valence-corrected chi connectivity index (χ2v) is 7.44. The van der Waals surface area contributed by atoms with E-state index in [-0.39, 0.29) is 36.8 Å². The Labute approximate surface area is 184 Å². The number of ether oxygens (including phenoxy) is 3. The number of carbonyl (C=O) groups is 2. The van der Waals surface area contributed by atoms with Crippen molar-refractivity contribution in [1.82, 2.24) is 5.01 Å². The molecule has 0 saturated heterocycles. The van der Waals surface area contributed by atoms with Crippen molar-refractivity contribution in [3.05, 3.63) is 64.2 Å². The molecule has 172 valence electrons. The van der Waals surface area contributed by atoms with Crippen LogP contribution in [0.25, 0.3) is 0 Å². The smallest absolute Gasteiger partial charge is 0.508 e. The van der Waals surface area contributed by atoms with Crippen LogP contribution in [-0.2, 0) is 15.9 Å². The molecule has 0 spiro atoms. The Bertz CT molecular complexity index is 929. The van der Waals surface area contributed by atoms with Crippen LogP contribution in [0.3, 0.4) is 0 Å². The standard InChI is InChI=1S/C21H25N3O8/c1-21(2,32-20(27)31-18-9-5-16(6-10-18)24(28)29)12-14-30-19(26)23(22)13-11-15-3-7-17(25)8-4-15/h3-10,25H,11-14,22H2,1-2H3. The van der Waals surface area contributed by atoms with E-state index in [9.17, 15) is 24.8 Å². The second kappa shape index (κ2) is 11.0. The highest BCUT2D eigenvalue weighted by Crippen LogP contribution is 2.20. The van der Waals surface area contributed by atoms with Crippen LogP contribution in [0.4, 0.5) is 15.3 Å². The average Bonchev–Trinajstić information content (AvgIpc) is 2.72. The van der Waals surface area contributed by atoms with Crippen LogP contribution < -0.4 is 10.6 Å². The van der Waals surface area contributed by atoms with Crippen molar-refractivity contribution in [3.8, 4) is 11.5 Å². The van der Waals surface area contributed by atoms with Gasteiger partial charge in [-0.1, -0.05) is 12.1 Å². The number of hydrazine groups is 1. The Balaban J connectivity index is 1.71. The Morgan fingerprint density at radius 3 is 2.34 bits per heavy atom. The van der Waals surface area contributed by atoms with E-state index >= 15 is 0 Å². The molecule has 0 heterocycles. The van der Waals surface area contributed by atoms with Crippen LogP contribution in [0, 0.1) is 10.1 Å². The maximum Gasteiger partial charge on any atom is 0.514 e. The van der Waals surface area contributed by atoms with Gasteiger partial charge in [-0.2, -0.15) is 0 Å². The number of hydrogen-bond acceptors (Lipinski definition) is 9. The van der Waals surface area contributed by atoms with Gasteiger partial charge >= 0.3 is 12.2 Å². The lowest BCUT2D eigenvalue weighted by molar-refractivity contribution is -0.384. The molecule has 32 heavy (non-hydrogen) atoms. The quantitative estimate of drug-likeness (QED) is 0.147. The third-order valence-corrected chi connectivity index (χ3v) is 4.35. The molecule has 0 atom stereocenters. The van der Waals surface area contributed by atoms with Gasteiger partial charge in [0.15, 0.2) is 0 Å². The highest BCUT2D eigenvalue weighted by atomic mass is 16.7. The summed E-state index contributed by atoms with van der Waals surface area (Å²) >= 11 is 0. The summed E-state index contributed by atoms with van der Waals surface area (Å²) in [5.74, 6) is 5.95. The highest BCUT2D eigenvalue weighted by Gasteiger charge is 2.25. The van der Waals surface area contributed by atoms with Gasteiger partial charge in [0.1, 0.15) is 17.1 Å². The Hall–Kier alpha value is -3.86. The number of aromatic hydroxyl groups is 1. The largest absolute Gasteiger partial charge is 0.514 e. The molecule has 2 rings (SSSR count). The molecule has 0 aliphatic rings. The summed E-state index contributed by atoms with van der Waals surface area (Å²) in [6.45, 7) is 3.39. The minimum absolute atomic E-state index is 0.0520. The van der Waals surface area contributed by atoms with Crippen LogP contribution in [0.2, 0.25) is 0 Å². The number of phenols is 1. The number of amides is 1. The number of nitro groups is 1. The molecule has 3 N–H and O–H groups in total. The Kier molecular flexibility index (Phi) is 8.36. The minimum Gasteiger partial charge on any atom is -0.508 e. The van der Waals surface area contributed by atoms with Crippen molar-refractivity contribution < 1.29 is 33.8 Å². The van der Waals surface area contributed by atoms with Crippen molar-refractivity contribution in [2.75, 3.05) is 13.2 Å². The summed E-state index contributed by atoms with van der Waals surface area (Å²) in [7, 11) is 0. The van der Waals surface area contributed by atoms with Gasteiger partial charge in [0.2, 0.25) is 0 Å². The van der Waals surface area contributed by atoms with E-state index in [0.29, 0.717) is 6.42 Å². The minimum atomic E-state index is -1.01. The lowest BCUT2D eigenvalue weighted by Crippen LogP contribution is -2.40. The third-order valence-electron chi connectivity index (χ3n) is 4.35. The van der Waals surface area contributed by atoms with Gasteiger partial charge in [-0.25, -0.2) is 20.4 Å². The molecule has 11 heteroatoms. The maximum atomic E-state index is 12.0. The van der Waals surface area contributed by atoms with Crippen LogP contribution in [0.15, 0.2) is 48.5 Å². The van der Waals surface area contributed by atoms with Crippen LogP contribution in [0.1, 0.15) is 25.8 Å². The van der Waals surface area contributed by atoms with Crippen LogP contribution in [0.5, 0.6) is 11.5 Å². The van der Waals surface area contributed by atoms with E-state index in [1.807, 2.05) is 0 Å². The number of nitrogens with zero attached hydrogens (tertiary/aromatic N) is 2. The van der Waals surface area contributed by atoms with Crippen molar-refractivity contribution in [2.24, 2.45) is 5.84 Å². The number of benzene rings is 2. The molecule has 2 aromatic rings. The Morgan fingerprint density at radius 1 is 1.12 bits per heavy atom. The van der Waals surface area contributed by atoms with Crippen LogP contribution in [-0.4, -0.2) is 46.0 Å². The fraction of sp³-hybridized carbons (Fsp3) is 0.333. The van der Waals surface area contributed by atoms with E-state index in [4.69, 9.17) is 20.1 Å². The molecule has 2 aromatic carbocycles. The lowest BCUT2D eigenvalue weighted by atomic mass is 10.1. The van der Waals surface area contributed by atoms with E-state index in [1.54, 1.807) is 38.1 Å². The fourth-order valence-electron chi connectivity index (χ4n) is 2.50. The SMILES string of the molecule is CC(C)(CCOC(=O)N(N)CCc1ccc(O)cc1)OC(=O)Oc1ccc([N+](=O)[O-])cc1. The zero-order chi connectivity index (χ0) is 23.7. The number of nitrogens with two attached hydrogens (primary N) is 1. The van der Waals surface area contributed by atoms with Crippen molar-refractivity contribution >= 4 is 17.9 Å². The molecule has 0 fully saturated rings. The maximum absolute atomic E-state index is 12.0. The van der Waals surface area contributed by atoms with Gasteiger partial charge in [0, 0.05) is 25.1 Å². The first kappa shape index (κ1) is 24.4. The van der Waals surface area contributed by atoms with Gasteiger partial charge in [0.25, 0.3) is 5.69 Å². The number of non-ortho nitro benzene ring substituents is 1. The predicted molar refractivity (Wildman–Crippen MR) is 113 cm³/mol. The first-order valence-corrected chi connectivity index (χ1v) is 9.68. The zero-order valence-electron chi connectivity index (χ0n) is 17.7. The van der Waals surface area contributed by atoms with E-state index in [0.717, 1.165) is 10.6 Å². The first-order chi connectivity index (χ1) is 15.1. The van der Waals surface area contributed by atoms with E-state index in [1.165, 1.54) is 24.3 Å². The lowest BCUT2D eigenvalue weighted by Gasteiger charge is -2.24. The van der Waals surface area contributed by atoms with Crippen molar-refractivity contribution in [1.29, 1.82) is 0 Å². The Morgan fingerprint density at radius 2 is 1.75 bits per heavy atom. The number of phenolic OH excluding ortho intramolecular Hbond substituents is 1. The molecule has 0 bridgehead atoms. The molecule has 0 aliphatic carbocycles. The summed E-state index contributed by atoms with van der Waals surface area (Å²) < 4.78 is 15.3. The summed E-state index contributed by atoms with van der Waals surface area (Å²) in [5, 5.41) is 20.8. The summed E-state index contributed by atoms with van der Waals surface area (Å²) in [6.07, 6.45) is -1.06. The molecule has 11 nitrogen and oxygen atoms in total. The molecule has 1 amide bonds. The van der Waals surface area contributed by atoms with Gasteiger partial charge in [-0.05, 0) is 50.1 Å². The monoisotopic (exact) mass is 447 g/mol.